The Morgan fingerprint density at radius 2 is 1.86 bits per heavy atom. The number of rotatable bonds is 6. The number of hydrogen-bond acceptors (Lipinski definition) is 3. The van der Waals surface area contributed by atoms with E-state index >= 15 is 0 Å². The zero-order chi connectivity index (χ0) is 10.5. The lowest BCUT2D eigenvalue weighted by Gasteiger charge is -2.23. The van der Waals surface area contributed by atoms with Crippen LogP contribution in [-0.4, -0.2) is 54.8 Å². The molecule has 0 fully saturated rings. The molecule has 1 atom stereocenters. The zero-order valence-corrected chi connectivity index (χ0v) is 9.23. The minimum Gasteiger partial charge on any atom is -0.870 e. The molecule has 86 valence electrons. The first kappa shape index (κ1) is 15.8. The molecule has 1 unspecified atom stereocenters. The second kappa shape index (κ2) is 6.75. The van der Waals surface area contributed by atoms with Gasteiger partial charge in [0.2, 0.25) is 0 Å². The highest BCUT2D eigenvalue weighted by Gasteiger charge is 2.11. The first-order valence-corrected chi connectivity index (χ1v) is 4.62. The van der Waals surface area contributed by atoms with Gasteiger partial charge in [0, 0.05) is 0 Å². The third-order valence-corrected chi connectivity index (χ3v) is 1.91. The highest BCUT2D eigenvalue weighted by molar-refractivity contribution is 5.72. The van der Waals surface area contributed by atoms with Crippen LogP contribution in [0.4, 0.5) is 0 Å². The van der Waals surface area contributed by atoms with E-state index in [1.54, 1.807) is 0 Å². The Bertz CT molecular complexity index is 166. The average Bonchev–Trinajstić information content (AvgIpc) is 1.95. The molecule has 0 amide bonds. The summed E-state index contributed by atoms with van der Waals surface area (Å²) in [6.45, 7) is 1.06. The fraction of sp³-hybridized carbons (Fsp3) is 0.889. The van der Waals surface area contributed by atoms with Gasteiger partial charge in [-0.3, -0.25) is 4.79 Å². The maximum Gasteiger partial charge on any atom is 0.320 e. The summed E-state index contributed by atoms with van der Waals surface area (Å²) in [7, 11) is 6.37. The van der Waals surface area contributed by atoms with Crippen molar-refractivity contribution < 1.29 is 19.9 Å². The maximum absolute atomic E-state index is 10.4. The van der Waals surface area contributed by atoms with E-state index in [-0.39, 0.29) is 5.48 Å². The largest absolute Gasteiger partial charge is 0.870 e. The van der Waals surface area contributed by atoms with Gasteiger partial charge in [0.05, 0.1) is 27.7 Å². The van der Waals surface area contributed by atoms with E-state index in [0.717, 1.165) is 23.9 Å². The van der Waals surface area contributed by atoms with Crippen molar-refractivity contribution in [3.8, 4) is 0 Å². The minimum atomic E-state index is -0.898. The lowest BCUT2D eigenvalue weighted by molar-refractivity contribution is -0.870. The molecule has 0 saturated heterocycles. The van der Waals surface area contributed by atoms with E-state index in [1.807, 2.05) is 0 Å². The molecular formula is C9H22N2O3. The molecule has 0 saturated carbocycles. The second-order valence-electron chi connectivity index (χ2n) is 4.45. The van der Waals surface area contributed by atoms with Gasteiger partial charge in [-0.25, -0.2) is 0 Å². The van der Waals surface area contributed by atoms with Crippen molar-refractivity contribution in [1.29, 1.82) is 0 Å². The van der Waals surface area contributed by atoms with Gasteiger partial charge in [-0.1, -0.05) is 0 Å². The molecule has 5 nitrogen and oxygen atoms in total. The Morgan fingerprint density at radius 3 is 2.21 bits per heavy atom. The molecule has 0 aromatic rings. The van der Waals surface area contributed by atoms with Gasteiger partial charge in [-0.05, 0) is 19.3 Å². The van der Waals surface area contributed by atoms with Crippen LogP contribution in [0.15, 0.2) is 0 Å². The Morgan fingerprint density at radius 1 is 1.36 bits per heavy atom. The van der Waals surface area contributed by atoms with E-state index in [9.17, 15) is 4.79 Å². The third kappa shape index (κ3) is 9.44. The summed E-state index contributed by atoms with van der Waals surface area (Å²) in [5.74, 6) is -0.898. The van der Waals surface area contributed by atoms with E-state index < -0.39 is 12.0 Å². The molecule has 0 aromatic heterocycles. The van der Waals surface area contributed by atoms with Crippen LogP contribution in [0.2, 0.25) is 0 Å². The molecule has 0 radical (unpaired) electrons. The predicted octanol–water partition coefficient (Wildman–Crippen LogP) is 0.0980. The summed E-state index contributed by atoms with van der Waals surface area (Å²) >= 11 is 0. The zero-order valence-electron chi connectivity index (χ0n) is 9.23. The summed E-state index contributed by atoms with van der Waals surface area (Å²) in [6, 6.07) is -0.688. The first-order chi connectivity index (χ1) is 5.83. The van der Waals surface area contributed by atoms with Crippen molar-refractivity contribution >= 4 is 5.97 Å². The molecular weight excluding hydrogens is 184 g/mol. The van der Waals surface area contributed by atoms with Crippen molar-refractivity contribution in [2.24, 2.45) is 5.73 Å². The summed E-state index contributed by atoms with van der Waals surface area (Å²) in [4.78, 5) is 10.4. The van der Waals surface area contributed by atoms with E-state index in [2.05, 4.69) is 21.1 Å². The standard InChI is InChI=1S/C9H20N2O2.H2O/c1-11(2,3)7-5-4-6-8(10)9(12)13;/h8H,4-7,10H2,1-3H3;1H2. The minimum absolute atomic E-state index is 0. The Hall–Kier alpha value is -0.650. The molecule has 0 aliphatic carbocycles. The van der Waals surface area contributed by atoms with Gasteiger partial charge in [-0.2, -0.15) is 0 Å². The molecule has 0 bridgehead atoms. The lowest BCUT2D eigenvalue weighted by Crippen LogP contribution is -2.35. The predicted molar refractivity (Wildman–Crippen MR) is 54.3 cm³/mol. The quantitative estimate of drug-likeness (QED) is 0.476. The highest BCUT2D eigenvalue weighted by Crippen LogP contribution is 2.02. The van der Waals surface area contributed by atoms with Gasteiger partial charge in [0.1, 0.15) is 6.04 Å². The van der Waals surface area contributed by atoms with Crippen molar-refractivity contribution in [2.45, 2.75) is 25.3 Å². The monoisotopic (exact) mass is 206 g/mol. The number of hydrogen-bond donors (Lipinski definition) is 2. The molecule has 5 heteroatoms. The number of aliphatic carboxylic acids is 1. The number of quaternary nitrogens is 1. The van der Waals surface area contributed by atoms with E-state index in [4.69, 9.17) is 10.8 Å². The van der Waals surface area contributed by atoms with Crippen molar-refractivity contribution in [3.63, 3.8) is 0 Å². The van der Waals surface area contributed by atoms with Crippen LogP contribution >= 0.6 is 0 Å². The topological polar surface area (TPSA) is 93.3 Å². The first-order valence-electron chi connectivity index (χ1n) is 4.62. The summed E-state index contributed by atoms with van der Waals surface area (Å²) in [6.07, 6.45) is 2.50. The number of nitrogens with zero attached hydrogens (tertiary/aromatic N) is 1. The van der Waals surface area contributed by atoms with Crippen molar-refractivity contribution in [1.82, 2.24) is 0 Å². The van der Waals surface area contributed by atoms with Crippen LogP contribution in [0.1, 0.15) is 19.3 Å². The van der Waals surface area contributed by atoms with Crippen LogP contribution < -0.4 is 5.73 Å². The molecule has 0 aliphatic heterocycles. The Balaban J connectivity index is 0. The van der Waals surface area contributed by atoms with Crippen LogP contribution in [0.5, 0.6) is 0 Å². The smallest absolute Gasteiger partial charge is 0.320 e. The SMILES string of the molecule is C[N+](C)(C)CCCCC(N)C(=O)O.[OH-]. The van der Waals surface area contributed by atoms with E-state index in [0.29, 0.717) is 6.42 Å². The molecule has 4 N–H and O–H groups in total. The molecule has 14 heavy (non-hydrogen) atoms. The van der Waals surface area contributed by atoms with Crippen LogP contribution in [-0.2, 0) is 4.79 Å². The number of carboxylic acid groups (broad SMARTS) is 1. The fourth-order valence-corrected chi connectivity index (χ4v) is 1.07. The van der Waals surface area contributed by atoms with Crippen LogP contribution in [0.25, 0.3) is 0 Å². The van der Waals surface area contributed by atoms with E-state index in [1.165, 1.54) is 0 Å². The Labute approximate surface area is 85.4 Å². The molecule has 0 rings (SSSR count). The molecule has 0 aliphatic rings. The highest BCUT2D eigenvalue weighted by atomic mass is 16.4. The van der Waals surface area contributed by atoms with Gasteiger partial charge < -0.3 is 20.8 Å². The maximum atomic E-state index is 10.4. The number of carbonyl (C=O) groups is 1. The Kier molecular flexibility index (Phi) is 7.62. The fourth-order valence-electron chi connectivity index (χ4n) is 1.07. The summed E-state index contributed by atoms with van der Waals surface area (Å²) in [5.41, 5.74) is 5.36. The van der Waals surface area contributed by atoms with Gasteiger partial charge in [0.15, 0.2) is 0 Å². The third-order valence-electron chi connectivity index (χ3n) is 1.91. The number of carboxylic acids is 1. The van der Waals surface area contributed by atoms with Gasteiger partial charge >= 0.3 is 5.97 Å². The second-order valence-corrected chi connectivity index (χ2v) is 4.45. The van der Waals surface area contributed by atoms with Crippen LogP contribution in [0, 0.1) is 0 Å². The summed E-state index contributed by atoms with van der Waals surface area (Å²) < 4.78 is 0.919. The average molecular weight is 206 g/mol. The van der Waals surface area contributed by atoms with Gasteiger partial charge in [0.25, 0.3) is 0 Å². The normalized spacial score (nSPS) is 13.1. The van der Waals surface area contributed by atoms with Gasteiger partial charge in [-0.15, -0.1) is 0 Å². The molecule has 0 aromatic carbocycles. The number of unbranched alkanes of at least 4 members (excludes halogenated alkanes) is 1. The molecule has 0 heterocycles. The van der Waals surface area contributed by atoms with Crippen molar-refractivity contribution in [3.05, 3.63) is 0 Å². The number of nitrogens with two attached hydrogens (primary N) is 1. The van der Waals surface area contributed by atoms with Crippen LogP contribution in [0.3, 0.4) is 0 Å². The van der Waals surface area contributed by atoms with Crippen molar-refractivity contribution in [2.75, 3.05) is 27.7 Å². The summed E-state index contributed by atoms with van der Waals surface area (Å²) in [5, 5.41) is 8.51. The molecule has 0 spiro atoms. The lowest BCUT2D eigenvalue weighted by atomic mass is 10.1.